The number of hydrogen-bond acceptors (Lipinski definition) is 2. The van der Waals surface area contributed by atoms with Crippen LogP contribution in [0, 0.1) is 22.7 Å². The molecule has 0 unspecified atom stereocenters. The molecule has 2 heteroatoms. The smallest absolute Gasteiger partial charge is 0.151 e. The number of nitrogens with zero attached hydrogens (tertiary/aromatic N) is 1. The first kappa shape index (κ1) is 10.5. The maximum Gasteiger partial charge on any atom is 0.151 e. The minimum absolute atomic E-state index is 0.316. The van der Waals surface area contributed by atoms with E-state index in [0.29, 0.717) is 24.2 Å². The van der Waals surface area contributed by atoms with Crippen LogP contribution in [0.4, 0.5) is 0 Å². The molecule has 0 aliphatic heterocycles. The van der Waals surface area contributed by atoms with E-state index in [9.17, 15) is 5.11 Å². The molecular weight excluding hydrogens is 162 g/mol. The molecule has 0 heterocycles. The number of rotatable bonds is 0. The van der Waals surface area contributed by atoms with Crippen LogP contribution in [0.25, 0.3) is 0 Å². The molecule has 0 aromatic heterocycles. The van der Waals surface area contributed by atoms with Gasteiger partial charge in [-0.2, -0.15) is 5.26 Å². The van der Waals surface area contributed by atoms with E-state index in [-0.39, 0.29) is 0 Å². The van der Waals surface area contributed by atoms with Gasteiger partial charge in [-0.05, 0) is 37.0 Å². The normalized spacial score (nSPS) is 35.5. The Morgan fingerprint density at radius 1 is 1.31 bits per heavy atom. The predicted octanol–water partition coefficient (Wildman–Crippen LogP) is 2.48. The minimum Gasteiger partial charge on any atom is -0.375 e. The van der Waals surface area contributed by atoms with E-state index < -0.39 is 5.60 Å². The molecule has 1 N–H and O–H groups in total. The molecule has 0 radical (unpaired) electrons. The zero-order valence-electron chi connectivity index (χ0n) is 8.80. The number of nitriles is 1. The lowest BCUT2D eigenvalue weighted by molar-refractivity contribution is 0.0197. The zero-order chi connectivity index (χ0) is 10.1. The van der Waals surface area contributed by atoms with Crippen LogP contribution in [-0.4, -0.2) is 10.7 Å². The summed E-state index contributed by atoms with van der Waals surface area (Å²) in [5.41, 5.74) is -0.710. The fraction of sp³-hybridized carbons (Fsp3) is 0.909. The summed E-state index contributed by atoms with van der Waals surface area (Å²) in [6.45, 7) is 6.69. The fourth-order valence-electron chi connectivity index (χ4n) is 2.07. The van der Waals surface area contributed by atoms with Crippen molar-refractivity contribution in [3.8, 4) is 6.07 Å². The minimum atomic E-state index is -1.03. The van der Waals surface area contributed by atoms with Crippen LogP contribution in [0.1, 0.15) is 46.5 Å². The molecule has 0 spiro atoms. The summed E-state index contributed by atoms with van der Waals surface area (Å²) in [5.74, 6) is 0.654. The highest BCUT2D eigenvalue weighted by Crippen LogP contribution is 2.40. The third kappa shape index (κ3) is 2.45. The maximum absolute atomic E-state index is 9.70. The van der Waals surface area contributed by atoms with Crippen molar-refractivity contribution < 1.29 is 5.11 Å². The van der Waals surface area contributed by atoms with Gasteiger partial charge in [0.25, 0.3) is 0 Å². The van der Waals surface area contributed by atoms with E-state index in [4.69, 9.17) is 5.26 Å². The van der Waals surface area contributed by atoms with Gasteiger partial charge >= 0.3 is 0 Å². The molecule has 0 amide bonds. The van der Waals surface area contributed by atoms with E-state index >= 15 is 0 Å². The molecule has 0 aromatic rings. The quantitative estimate of drug-likeness (QED) is 0.583. The SMILES string of the molecule is CC(C)(C)C1CCC(O)(C#N)CC1. The third-order valence-corrected chi connectivity index (χ3v) is 3.25. The summed E-state index contributed by atoms with van der Waals surface area (Å²) >= 11 is 0. The van der Waals surface area contributed by atoms with Crippen molar-refractivity contribution in [3.63, 3.8) is 0 Å². The lowest BCUT2D eigenvalue weighted by Crippen LogP contribution is -2.36. The summed E-state index contributed by atoms with van der Waals surface area (Å²) in [5, 5.41) is 18.4. The zero-order valence-corrected chi connectivity index (χ0v) is 8.80. The van der Waals surface area contributed by atoms with Crippen LogP contribution in [0.15, 0.2) is 0 Å². The maximum atomic E-state index is 9.70. The summed E-state index contributed by atoms with van der Waals surface area (Å²) in [7, 11) is 0. The highest BCUT2D eigenvalue weighted by molar-refractivity contribution is 5.03. The van der Waals surface area contributed by atoms with Crippen LogP contribution in [-0.2, 0) is 0 Å². The van der Waals surface area contributed by atoms with E-state index in [1.54, 1.807) is 0 Å². The molecule has 0 bridgehead atoms. The van der Waals surface area contributed by atoms with Gasteiger partial charge in [-0.25, -0.2) is 0 Å². The average Bonchev–Trinajstić information content (AvgIpc) is 2.04. The summed E-state index contributed by atoms with van der Waals surface area (Å²) in [4.78, 5) is 0. The fourth-order valence-corrected chi connectivity index (χ4v) is 2.07. The second-order valence-corrected chi connectivity index (χ2v) is 5.28. The highest BCUT2D eigenvalue weighted by atomic mass is 16.3. The Bertz CT molecular complexity index is 213. The van der Waals surface area contributed by atoms with Crippen molar-refractivity contribution in [1.29, 1.82) is 5.26 Å². The molecule has 0 saturated heterocycles. The van der Waals surface area contributed by atoms with E-state index in [2.05, 4.69) is 20.8 Å². The van der Waals surface area contributed by atoms with Crippen molar-refractivity contribution in [2.45, 2.75) is 52.1 Å². The van der Waals surface area contributed by atoms with Crippen molar-refractivity contribution in [2.75, 3.05) is 0 Å². The third-order valence-electron chi connectivity index (χ3n) is 3.25. The van der Waals surface area contributed by atoms with Gasteiger partial charge in [-0.15, -0.1) is 0 Å². The Morgan fingerprint density at radius 3 is 2.08 bits per heavy atom. The largest absolute Gasteiger partial charge is 0.375 e. The van der Waals surface area contributed by atoms with Gasteiger partial charge in [0.1, 0.15) is 0 Å². The topological polar surface area (TPSA) is 44.0 Å². The molecule has 74 valence electrons. The monoisotopic (exact) mass is 181 g/mol. The van der Waals surface area contributed by atoms with Crippen LogP contribution >= 0.6 is 0 Å². The second-order valence-electron chi connectivity index (χ2n) is 5.28. The number of aliphatic hydroxyl groups is 1. The Balaban J connectivity index is 2.54. The molecule has 2 nitrogen and oxygen atoms in total. The van der Waals surface area contributed by atoms with Gasteiger partial charge < -0.3 is 5.11 Å². The molecule has 1 saturated carbocycles. The molecular formula is C11H19NO. The average molecular weight is 181 g/mol. The predicted molar refractivity (Wildman–Crippen MR) is 52.0 cm³/mol. The van der Waals surface area contributed by atoms with E-state index in [0.717, 1.165) is 12.8 Å². The van der Waals surface area contributed by atoms with Crippen LogP contribution in [0.2, 0.25) is 0 Å². The first-order valence-electron chi connectivity index (χ1n) is 5.01. The molecule has 13 heavy (non-hydrogen) atoms. The second kappa shape index (κ2) is 3.31. The van der Waals surface area contributed by atoms with Crippen LogP contribution < -0.4 is 0 Å². The van der Waals surface area contributed by atoms with Gasteiger partial charge in [-0.3, -0.25) is 0 Å². The van der Waals surface area contributed by atoms with Crippen LogP contribution in [0.5, 0.6) is 0 Å². The van der Waals surface area contributed by atoms with Crippen molar-refractivity contribution in [3.05, 3.63) is 0 Å². The Labute approximate surface area is 80.6 Å². The van der Waals surface area contributed by atoms with Crippen molar-refractivity contribution in [1.82, 2.24) is 0 Å². The van der Waals surface area contributed by atoms with Gasteiger partial charge in [0.2, 0.25) is 0 Å². The van der Waals surface area contributed by atoms with Gasteiger partial charge in [0.05, 0.1) is 6.07 Å². The Morgan fingerprint density at radius 2 is 1.77 bits per heavy atom. The standard InChI is InChI=1S/C11H19NO/c1-10(2,3)9-4-6-11(13,8-12)7-5-9/h9,13H,4-7H2,1-3H3. The number of hydrogen-bond donors (Lipinski definition) is 1. The van der Waals surface area contributed by atoms with Gasteiger partial charge in [0.15, 0.2) is 5.60 Å². The molecule has 1 fully saturated rings. The Hall–Kier alpha value is -0.550. The van der Waals surface area contributed by atoms with Crippen LogP contribution in [0.3, 0.4) is 0 Å². The van der Waals surface area contributed by atoms with Gasteiger partial charge in [0, 0.05) is 0 Å². The van der Waals surface area contributed by atoms with Crippen molar-refractivity contribution in [2.24, 2.45) is 11.3 Å². The first-order chi connectivity index (χ1) is 5.87. The summed E-state index contributed by atoms with van der Waals surface area (Å²) < 4.78 is 0. The molecule has 1 aliphatic carbocycles. The van der Waals surface area contributed by atoms with Gasteiger partial charge in [-0.1, -0.05) is 20.8 Å². The van der Waals surface area contributed by atoms with E-state index in [1.165, 1.54) is 0 Å². The molecule has 0 aromatic carbocycles. The molecule has 1 rings (SSSR count). The van der Waals surface area contributed by atoms with Crippen molar-refractivity contribution >= 4 is 0 Å². The molecule has 1 aliphatic rings. The summed E-state index contributed by atoms with van der Waals surface area (Å²) in [6.07, 6.45) is 3.25. The van der Waals surface area contributed by atoms with E-state index in [1.807, 2.05) is 6.07 Å². The first-order valence-corrected chi connectivity index (χ1v) is 5.01. The summed E-state index contributed by atoms with van der Waals surface area (Å²) in [6, 6.07) is 2.01. The highest BCUT2D eigenvalue weighted by Gasteiger charge is 2.37. The Kier molecular flexibility index (Phi) is 2.68. The molecule has 0 atom stereocenters. The lowest BCUT2D eigenvalue weighted by atomic mass is 9.69. The lowest BCUT2D eigenvalue weighted by Gasteiger charge is -2.38.